The zero-order chi connectivity index (χ0) is 22.0. The van der Waals surface area contributed by atoms with E-state index >= 15 is 0 Å². The van der Waals surface area contributed by atoms with Gasteiger partial charge in [0.05, 0.1) is 29.1 Å². The van der Waals surface area contributed by atoms with Crippen molar-refractivity contribution in [3.63, 3.8) is 0 Å². The standard InChI is InChI=1S/C20H20N4O6S/c1-14-6-7-15(12-18(14)31(27,28)23-8-10-29-11-9-23)20(26)30-13-24-19(25)16-4-2-3-5-17(16)21-22-24/h2-7,12H,8-11,13H2,1H3. The van der Waals surface area contributed by atoms with Crippen LogP contribution in [0, 0.1) is 6.92 Å². The summed E-state index contributed by atoms with van der Waals surface area (Å²) in [7, 11) is -3.78. The van der Waals surface area contributed by atoms with Gasteiger partial charge in [-0.1, -0.05) is 23.4 Å². The van der Waals surface area contributed by atoms with Crippen molar-refractivity contribution in [1.82, 2.24) is 19.3 Å². The van der Waals surface area contributed by atoms with Crippen LogP contribution in [-0.2, 0) is 26.2 Å². The van der Waals surface area contributed by atoms with E-state index in [0.29, 0.717) is 29.7 Å². The second-order valence-electron chi connectivity index (χ2n) is 6.97. The molecule has 0 amide bonds. The molecule has 31 heavy (non-hydrogen) atoms. The molecule has 4 rings (SSSR count). The second-order valence-corrected chi connectivity index (χ2v) is 8.88. The van der Waals surface area contributed by atoms with Gasteiger partial charge in [-0.3, -0.25) is 4.79 Å². The molecule has 1 saturated heterocycles. The van der Waals surface area contributed by atoms with Crippen LogP contribution < -0.4 is 5.56 Å². The molecule has 0 N–H and O–H groups in total. The summed E-state index contributed by atoms with van der Waals surface area (Å²) in [5.74, 6) is -0.778. The topological polar surface area (TPSA) is 121 Å². The van der Waals surface area contributed by atoms with E-state index in [9.17, 15) is 18.0 Å². The number of fused-ring (bicyclic) bond motifs is 1. The lowest BCUT2D eigenvalue weighted by atomic mass is 10.1. The fourth-order valence-corrected chi connectivity index (χ4v) is 4.90. The lowest BCUT2D eigenvalue weighted by molar-refractivity contribution is 0.0335. The Hall–Kier alpha value is -3.15. The zero-order valence-electron chi connectivity index (χ0n) is 16.7. The van der Waals surface area contributed by atoms with Crippen molar-refractivity contribution in [2.45, 2.75) is 18.6 Å². The second kappa shape index (κ2) is 8.53. The third-order valence-corrected chi connectivity index (χ3v) is 7.00. The minimum absolute atomic E-state index is 0.0338. The maximum absolute atomic E-state index is 13.0. The number of sulfonamides is 1. The molecule has 11 heteroatoms. The van der Waals surface area contributed by atoms with Crippen molar-refractivity contribution >= 4 is 26.9 Å². The number of ether oxygens (including phenoxy) is 2. The first-order valence-electron chi connectivity index (χ1n) is 9.56. The van der Waals surface area contributed by atoms with Gasteiger partial charge in [-0.15, -0.1) is 5.10 Å². The van der Waals surface area contributed by atoms with Crippen molar-refractivity contribution in [3.8, 4) is 0 Å². The lowest BCUT2D eigenvalue weighted by Gasteiger charge is -2.26. The van der Waals surface area contributed by atoms with E-state index in [-0.39, 0.29) is 23.5 Å². The molecule has 2 heterocycles. The van der Waals surface area contributed by atoms with Crippen LogP contribution in [0.2, 0.25) is 0 Å². The molecular weight excluding hydrogens is 424 g/mol. The highest BCUT2D eigenvalue weighted by atomic mass is 32.2. The number of hydrogen-bond acceptors (Lipinski definition) is 8. The van der Waals surface area contributed by atoms with Crippen molar-refractivity contribution in [3.05, 3.63) is 63.9 Å². The summed E-state index contributed by atoms with van der Waals surface area (Å²) >= 11 is 0. The van der Waals surface area contributed by atoms with Crippen molar-refractivity contribution in [2.75, 3.05) is 26.3 Å². The number of aryl methyl sites for hydroxylation is 1. The predicted octanol–water partition coefficient (Wildman–Crippen LogP) is 0.935. The van der Waals surface area contributed by atoms with E-state index in [1.165, 1.54) is 16.4 Å². The van der Waals surface area contributed by atoms with Gasteiger partial charge in [0.1, 0.15) is 5.52 Å². The van der Waals surface area contributed by atoms with E-state index < -0.39 is 28.3 Å². The van der Waals surface area contributed by atoms with Crippen LogP contribution in [0.4, 0.5) is 0 Å². The van der Waals surface area contributed by atoms with Gasteiger partial charge in [-0.25, -0.2) is 13.2 Å². The average molecular weight is 444 g/mol. The molecule has 0 saturated carbocycles. The highest BCUT2D eigenvalue weighted by Gasteiger charge is 2.28. The SMILES string of the molecule is Cc1ccc(C(=O)OCn2nnc3ccccc3c2=O)cc1S(=O)(=O)N1CCOCC1. The number of benzene rings is 2. The molecule has 0 unspecified atom stereocenters. The molecule has 162 valence electrons. The molecule has 0 aliphatic carbocycles. The molecule has 0 bridgehead atoms. The number of hydrogen-bond donors (Lipinski definition) is 0. The van der Waals surface area contributed by atoms with Crippen molar-refractivity contribution in [2.24, 2.45) is 0 Å². The highest BCUT2D eigenvalue weighted by Crippen LogP contribution is 2.22. The largest absolute Gasteiger partial charge is 0.439 e. The van der Waals surface area contributed by atoms with E-state index in [4.69, 9.17) is 9.47 Å². The Morgan fingerprint density at radius 1 is 1.16 bits per heavy atom. The molecule has 0 atom stereocenters. The Morgan fingerprint density at radius 2 is 1.90 bits per heavy atom. The molecule has 1 aliphatic heterocycles. The average Bonchev–Trinajstić information content (AvgIpc) is 2.79. The van der Waals surface area contributed by atoms with Crippen LogP contribution in [0.15, 0.2) is 52.2 Å². The fraction of sp³-hybridized carbons (Fsp3) is 0.300. The summed E-state index contributed by atoms with van der Waals surface area (Å²) in [5, 5.41) is 8.05. The van der Waals surface area contributed by atoms with Gasteiger partial charge < -0.3 is 9.47 Å². The fourth-order valence-electron chi connectivity index (χ4n) is 3.24. The van der Waals surface area contributed by atoms with Gasteiger partial charge in [0.25, 0.3) is 5.56 Å². The van der Waals surface area contributed by atoms with Gasteiger partial charge in [-0.2, -0.15) is 8.99 Å². The quantitative estimate of drug-likeness (QED) is 0.533. The minimum Gasteiger partial charge on any atom is -0.439 e. The van der Waals surface area contributed by atoms with Crippen LogP contribution in [0.1, 0.15) is 15.9 Å². The minimum atomic E-state index is -3.78. The Labute approximate surface area is 178 Å². The van der Waals surface area contributed by atoms with E-state index in [2.05, 4.69) is 10.3 Å². The molecule has 1 aromatic heterocycles. The molecule has 2 aromatic carbocycles. The lowest BCUT2D eigenvalue weighted by Crippen LogP contribution is -2.40. The summed E-state index contributed by atoms with van der Waals surface area (Å²) < 4.78 is 38.6. The first-order chi connectivity index (χ1) is 14.9. The number of aromatic nitrogens is 3. The van der Waals surface area contributed by atoms with Gasteiger partial charge in [-0.05, 0) is 36.8 Å². The monoisotopic (exact) mass is 444 g/mol. The van der Waals surface area contributed by atoms with Crippen LogP contribution in [0.25, 0.3) is 10.9 Å². The normalized spacial score (nSPS) is 15.1. The number of morpholine rings is 1. The maximum atomic E-state index is 13.0. The predicted molar refractivity (Wildman–Crippen MR) is 110 cm³/mol. The molecule has 1 fully saturated rings. The third kappa shape index (κ3) is 4.20. The van der Waals surface area contributed by atoms with Crippen LogP contribution in [0.5, 0.6) is 0 Å². The molecule has 0 radical (unpaired) electrons. The first kappa shape index (κ1) is 21.1. The Kier molecular flexibility index (Phi) is 5.81. The van der Waals surface area contributed by atoms with Crippen molar-refractivity contribution in [1.29, 1.82) is 0 Å². The van der Waals surface area contributed by atoms with Crippen LogP contribution in [0.3, 0.4) is 0 Å². The number of rotatable bonds is 5. The summed E-state index contributed by atoms with van der Waals surface area (Å²) in [4.78, 5) is 25.0. The van der Waals surface area contributed by atoms with Gasteiger partial charge >= 0.3 is 5.97 Å². The first-order valence-corrected chi connectivity index (χ1v) is 11.0. The molecule has 1 aliphatic rings. The van der Waals surface area contributed by atoms with Gasteiger partial charge in [0.15, 0.2) is 6.73 Å². The van der Waals surface area contributed by atoms with E-state index in [1.807, 2.05) is 0 Å². The number of carbonyl (C=O) groups excluding carboxylic acids is 1. The Morgan fingerprint density at radius 3 is 2.68 bits per heavy atom. The molecule has 3 aromatic rings. The van der Waals surface area contributed by atoms with Gasteiger partial charge in [0.2, 0.25) is 10.0 Å². The summed E-state index contributed by atoms with van der Waals surface area (Å²) in [6.07, 6.45) is 0. The molecule has 0 spiro atoms. The van der Waals surface area contributed by atoms with Gasteiger partial charge in [0, 0.05) is 13.1 Å². The zero-order valence-corrected chi connectivity index (χ0v) is 17.5. The number of carbonyl (C=O) groups is 1. The van der Waals surface area contributed by atoms with Crippen LogP contribution in [-0.4, -0.2) is 60.0 Å². The Bertz CT molecular complexity index is 1300. The molecule has 10 nitrogen and oxygen atoms in total. The Balaban J connectivity index is 1.55. The van der Waals surface area contributed by atoms with Crippen molar-refractivity contribution < 1.29 is 22.7 Å². The third-order valence-electron chi connectivity index (χ3n) is 4.96. The summed E-state index contributed by atoms with van der Waals surface area (Å²) in [6, 6.07) is 11.0. The molecular formula is C20H20N4O6S. The maximum Gasteiger partial charge on any atom is 0.339 e. The summed E-state index contributed by atoms with van der Waals surface area (Å²) in [6.45, 7) is 2.35. The smallest absolute Gasteiger partial charge is 0.339 e. The van der Waals surface area contributed by atoms with Crippen LogP contribution >= 0.6 is 0 Å². The number of esters is 1. The van der Waals surface area contributed by atoms with E-state index in [1.54, 1.807) is 37.3 Å². The summed E-state index contributed by atoms with van der Waals surface area (Å²) in [5.41, 5.74) is 0.559. The van der Waals surface area contributed by atoms with E-state index in [0.717, 1.165) is 4.68 Å². The highest BCUT2D eigenvalue weighted by molar-refractivity contribution is 7.89. The number of nitrogens with zero attached hydrogens (tertiary/aromatic N) is 4.